The van der Waals surface area contributed by atoms with Crippen LogP contribution in [0.5, 0.6) is 11.5 Å². The Labute approximate surface area is 156 Å². The van der Waals surface area contributed by atoms with Crippen molar-refractivity contribution in [2.75, 3.05) is 19.5 Å². The fourth-order valence-electron chi connectivity index (χ4n) is 2.63. The molecule has 0 fully saturated rings. The Bertz CT molecular complexity index is 837. The van der Waals surface area contributed by atoms with Crippen molar-refractivity contribution in [3.63, 3.8) is 0 Å². The summed E-state index contributed by atoms with van der Waals surface area (Å²) in [5, 5.41) is 24.0. The molecule has 0 heterocycles. The fraction of sp³-hybridized carbons (Fsp3) is 0.316. The third kappa shape index (κ3) is 5.18. The second-order valence-electron chi connectivity index (χ2n) is 5.99. The van der Waals surface area contributed by atoms with Crippen molar-refractivity contribution in [2.45, 2.75) is 25.9 Å². The number of nitrogens with one attached hydrogen (secondary N) is 1. The smallest absolute Gasteiger partial charge is 0.293 e. The van der Waals surface area contributed by atoms with Crippen LogP contribution in [0, 0.1) is 17.0 Å². The van der Waals surface area contributed by atoms with Gasteiger partial charge in [0.2, 0.25) is 5.91 Å². The predicted octanol–water partition coefficient (Wildman–Crippen LogP) is 3.37. The molecule has 2 N–H and O–H groups in total. The van der Waals surface area contributed by atoms with E-state index in [4.69, 9.17) is 9.47 Å². The van der Waals surface area contributed by atoms with E-state index >= 15 is 0 Å². The topological polar surface area (TPSA) is 111 Å². The van der Waals surface area contributed by atoms with Crippen LogP contribution in [-0.4, -0.2) is 30.2 Å². The molecule has 0 aliphatic rings. The van der Waals surface area contributed by atoms with Crippen molar-refractivity contribution in [1.82, 2.24) is 0 Å². The molecule has 0 radical (unpaired) electrons. The number of aliphatic hydroxyl groups excluding tert-OH is 1. The van der Waals surface area contributed by atoms with Crippen LogP contribution in [0.1, 0.15) is 30.1 Å². The van der Waals surface area contributed by atoms with Gasteiger partial charge in [0.15, 0.2) is 0 Å². The minimum Gasteiger partial charge on any atom is -0.497 e. The van der Waals surface area contributed by atoms with Gasteiger partial charge in [-0.05, 0) is 37.1 Å². The van der Waals surface area contributed by atoms with Crippen molar-refractivity contribution in [3.05, 3.63) is 57.6 Å². The molecule has 0 aromatic heterocycles. The van der Waals surface area contributed by atoms with E-state index in [0.29, 0.717) is 17.1 Å². The fourth-order valence-corrected chi connectivity index (χ4v) is 2.63. The minimum atomic E-state index is -0.926. The molecule has 144 valence electrons. The molecule has 0 saturated heterocycles. The Hall–Kier alpha value is -3.13. The largest absolute Gasteiger partial charge is 0.497 e. The molecule has 8 nitrogen and oxygen atoms in total. The van der Waals surface area contributed by atoms with Crippen LogP contribution in [0.15, 0.2) is 36.4 Å². The summed E-state index contributed by atoms with van der Waals surface area (Å²) in [7, 11) is 3.01. The zero-order chi connectivity index (χ0) is 20.0. The number of rotatable bonds is 8. The normalized spacial score (nSPS) is 11.6. The van der Waals surface area contributed by atoms with Crippen LogP contribution < -0.4 is 14.8 Å². The number of methoxy groups -OCH3 is 2. The lowest BCUT2D eigenvalue weighted by Crippen LogP contribution is -2.14. The highest BCUT2D eigenvalue weighted by Crippen LogP contribution is 2.32. The lowest BCUT2D eigenvalue weighted by Gasteiger charge is -2.15. The second kappa shape index (κ2) is 9.00. The van der Waals surface area contributed by atoms with Gasteiger partial charge in [0, 0.05) is 24.1 Å². The molecule has 2 aromatic rings. The van der Waals surface area contributed by atoms with Crippen LogP contribution in [0.3, 0.4) is 0 Å². The first-order valence-electron chi connectivity index (χ1n) is 8.30. The maximum absolute atomic E-state index is 12.2. The summed E-state index contributed by atoms with van der Waals surface area (Å²) in [6.07, 6.45) is -0.806. The molecule has 1 amide bonds. The number of nitro groups is 1. The van der Waals surface area contributed by atoms with E-state index in [-0.39, 0.29) is 24.2 Å². The first-order chi connectivity index (χ1) is 12.8. The molecule has 27 heavy (non-hydrogen) atoms. The number of ether oxygens (including phenoxy) is 2. The van der Waals surface area contributed by atoms with Gasteiger partial charge in [-0.2, -0.15) is 0 Å². The molecule has 2 rings (SSSR count). The minimum absolute atomic E-state index is 0.0125. The number of aliphatic hydroxyl groups is 1. The number of carbonyl (C=O) groups excluding carboxylic acids is 1. The standard InChI is InChI=1S/C19H22N2O6/c1-12-4-7-15(16(10-12)21(24)25)20-19(23)9-8-17(22)14-6-5-13(26-2)11-18(14)27-3/h4-7,10-11,17,22H,8-9H2,1-3H3,(H,20,23). The average Bonchev–Trinajstić information content (AvgIpc) is 2.66. The number of anilines is 1. The first-order valence-corrected chi connectivity index (χ1v) is 8.30. The van der Waals surface area contributed by atoms with Crippen molar-refractivity contribution in [3.8, 4) is 11.5 Å². The second-order valence-corrected chi connectivity index (χ2v) is 5.99. The van der Waals surface area contributed by atoms with Crippen molar-refractivity contribution < 1.29 is 24.3 Å². The van der Waals surface area contributed by atoms with Gasteiger partial charge in [0.1, 0.15) is 17.2 Å². The molecular weight excluding hydrogens is 352 g/mol. The number of hydrogen-bond donors (Lipinski definition) is 2. The van der Waals surface area contributed by atoms with Gasteiger partial charge < -0.3 is 19.9 Å². The van der Waals surface area contributed by atoms with Gasteiger partial charge >= 0.3 is 0 Å². The number of amides is 1. The number of carbonyl (C=O) groups is 1. The van der Waals surface area contributed by atoms with Crippen LogP contribution in [0.4, 0.5) is 11.4 Å². The highest BCUT2D eigenvalue weighted by molar-refractivity contribution is 5.93. The van der Waals surface area contributed by atoms with Crippen molar-refractivity contribution >= 4 is 17.3 Å². The van der Waals surface area contributed by atoms with Crippen LogP contribution >= 0.6 is 0 Å². The van der Waals surface area contributed by atoms with E-state index < -0.39 is 16.9 Å². The van der Waals surface area contributed by atoms with E-state index in [0.717, 1.165) is 5.56 Å². The molecule has 0 aliphatic heterocycles. The van der Waals surface area contributed by atoms with E-state index in [1.165, 1.54) is 26.4 Å². The Morgan fingerprint density at radius 2 is 1.96 bits per heavy atom. The maximum atomic E-state index is 12.2. The Morgan fingerprint density at radius 1 is 1.22 bits per heavy atom. The van der Waals surface area contributed by atoms with Gasteiger partial charge in [-0.3, -0.25) is 14.9 Å². The van der Waals surface area contributed by atoms with E-state index in [1.807, 2.05) is 0 Å². The quantitative estimate of drug-likeness (QED) is 0.541. The lowest BCUT2D eigenvalue weighted by molar-refractivity contribution is -0.384. The number of benzene rings is 2. The molecule has 1 unspecified atom stereocenters. The van der Waals surface area contributed by atoms with Gasteiger partial charge in [0.05, 0.1) is 25.2 Å². The van der Waals surface area contributed by atoms with Gasteiger partial charge in [0.25, 0.3) is 5.69 Å². The first kappa shape index (κ1) is 20.2. The zero-order valence-electron chi connectivity index (χ0n) is 15.4. The monoisotopic (exact) mass is 374 g/mol. The molecule has 8 heteroatoms. The summed E-state index contributed by atoms with van der Waals surface area (Å²) in [4.78, 5) is 22.7. The summed E-state index contributed by atoms with van der Waals surface area (Å²) < 4.78 is 10.4. The number of nitro benzene ring substituents is 1. The molecule has 1 atom stereocenters. The molecule has 0 saturated carbocycles. The highest BCUT2D eigenvalue weighted by Gasteiger charge is 2.19. The Balaban J connectivity index is 2.03. The maximum Gasteiger partial charge on any atom is 0.293 e. The van der Waals surface area contributed by atoms with Crippen molar-refractivity contribution in [2.24, 2.45) is 0 Å². The average molecular weight is 374 g/mol. The molecule has 0 bridgehead atoms. The molecular formula is C19H22N2O6. The van der Waals surface area contributed by atoms with E-state index in [9.17, 15) is 20.0 Å². The van der Waals surface area contributed by atoms with Crippen LogP contribution in [-0.2, 0) is 4.79 Å². The highest BCUT2D eigenvalue weighted by atomic mass is 16.6. The van der Waals surface area contributed by atoms with E-state index in [2.05, 4.69) is 5.32 Å². The van der Waals surface area contributed by atoms with Gasteiger partial charge in [-0.1, -0.05) is 6.07 Å². The Kier molecular flexibility index (Phi) is 6.73. The number of aryl methyl sites for hydroxylation is 1. The van der Waals surface area contributed by atoms with Crippen LogP contribution in [0.25, 0.3) is 0 Å². The third-order valence-corrected chi connectivity index (χ3v) is 4.07. The summed E-state index contributed by atoms with van der Waals surface area (Å²) in [6.45, 7) is 1.73. The van der Waals surface area contributed by atoms with Crippen molar-refractivity contribution in [1.29, 1.82) is 0 Å². The van der Waals surface area contributed by atoms with Gasteiger partial charge in [-0.15, -0.1) is 0 Å². The van der Waals surface area contributed by atoms with Gasteiger partial charge in [-0.25, -0.2) is 0 Å². The third-order valence-electron chi connectivity index (χ3n) is 4.07. The van der Waals surface area contributed by atoms with Crippen LogP contribution in [0.2, 0.25) is 0 Å². The number of nitrogens with zero attached hydrogens (tertiary/aromatic N) is 1. The number of hydrogen-bond acceptors (Lipinski definition) is 6. The summed E-state index contributed by atoms with van der Waals surface area (Å²) >= 11 is 0. The predicted molar refractivity (Wildman–Crippen MR) is 100 cm³/mol. The molecule has 0 aliphatic carbocycles. The zero-order valence-corrected chi connectivity index (χ0v) is 15.4. The summed E-state index contributed by atoms with van der Waals surface area (Å²) in [6, 6.07) is 9.58. The van der Waals surface area contributed by atoms with E-state index in [1.54, 1.807) is 31.2 Å². The SMILES string of the molecule is COc1ccc(C(O)CCC(=O)Nc2ccc(C)cc2[N+](=O)[O-])c(OC)c1. The summed E-state index contributed by atoms with van der Waals surface area (Å²) in [5.41, 5.74) is 1.22. The molecule has 2 aromatic carbocycles. The lowest BCUT2D eigenvalue weighted by atomic mass is 10.0. The summed E-state index contributed by atoms with van der Waals surface area (Å²) in [5.74, 6) is 0.622. The Morgan fingerprint density at radius 3 is 2.59 bits per heavy atom. The molecule has 0 spiro atoms.